The maximum atomic E-state index is 13.6. The molecule has 3 aromatic rings. The van der Waals surface area contributed by atoms with E-state index < -0.39 is 21.5 Å². The Labute approximate surface area is 205 Å². The summed E-state index contributed by atoms with van der Waals surface area (Å²) in [6, 6.07) is 20.3. The fraction of sp³-hybridized carbons (Fsp3) is 0.269. The molecule has 1 heterocycles. The number of para-hydroxylation sites is 1. The summed E-state index contributed by atoms with van der Waals surface area (Å²) in [5, 5.41) is 3.52. The van der Waals surface area contributed by atoms with E-state index in [-0.39, 0.29) is 17.5 Å². The lowest BCUT2D eigenvalue weighted by atomic mass is 9.89. The number of sulfonamides is 1. The lowest BCUT2D eigenvalue weighted by Crippen LogP contribution is -2.45. The molecule has 0 radical (unpaired) electrons. The summed E-state index contributed by atoms with van der Waals surface area (Å²) in [5.74, 6) is 0.303. The zero-order valence-electron chi connectivity index (χ0n) is 19.3. The first-order valence-electron chi connectivity index (χ1n) is 11.0. The molecule has 0 bridgehead atoms. The molecular formula is C26H27ClN2O4S. The van der Waals surface area contributed by atoms with Gasteiger partial charge in [0.05, 0.1) is 16.6 Å². The van der Waals surface area contributed by atoms with Crippen molar-refractivity contribution in [3.8, 4) is 5.75 Å². The maximum absolute atomic E-state index is 13.6. The molecule has 1 aliphatic heterocycles. The highest BCUT2D eigenvalue weighted by atomic mass is 35.5. The third kappa shape index (κ3) is 5.05. The zero-order chi connectivity index (χ0) is 24.5. The molecule has 0 fully saturated rings. The minimum atomic E-state index is -4.00. The van der Waals surface area contributed by atoms with Gasteiger partial charge < -0.3 is 10.1 Å². The standard InChI is InChI=1S/C26H27ClN2O4S/c1-18-15-19(27)13-14-23(18)29(34(31,32)20-9-5-4-6-10-20)17-25(30)28-22-16-26(2,3)33-24-12-8-7-11-21(22)24/h4-15,22H,16-17H2,1-3H3,(H,28,30). The highest BCUT2D eigenvalue weighted by Crippen LogP contribution is 2.39. The third-order valence-electron chi connectivity index (χ3n) is 5.76. The van der Waals surface area contributed by atoms with E-state index in [9.17, 15) is 13.2 Å². The first-order chi connectivity index (χ1) is 16.1. The maximum Gasteiger partial charge on any atom is 0.264 e. The Balaban J connectivity index is 1.67. The van der Waals surface area contributed by atoms with E-state index >= 15 is 0 Å². The molecule has 4 rings (SSSR count). The number of fused-ring (bicyclic) bond motifs is 1. The van der Waals surface area contributed by atoms with Gasteiger partial charge in [-0.25, -0.2) is 8.42 Å². The number of aryl methyl sites for hydroxylation is 1. The van der Waals surface area contributed by atoms with Crippen LogP contribution in [0.2, 0.25) is 5.02 Å². The Hall–Kier alpha value is -3.03. The van der Waals surface area contributed by atoms with Crippen molar-refractivity contribution in [1.82, 2.24) is 5.32 Å². The Bertz CT molecular complexity index is 1310. The molecule has 0 spiro atoms. The van der Waals surface area contributed by atoms with Gasteiger partial charge in [0.1, 0.15) is 17.9 Å². The topological polar surface area (TPSA) is 75.7 Å². The summed E-state index contributed by atoms with van der Waals surface area (Å²) in [6.45, 7) is 5.32. The monoisotopic (exact) mass is 498 g/mol. The van der Waals surface area contributed by atoms with Crippen LogP contribution in [-0.4, -0.2) is 26.5 Å². The molecule has 1 N–H and O–H groups in total. The molecule has 1 unspecified atom stereocenters. The first kappa shape index (κ1) is 24.1. The van der Waals surface area contributed by atoms with E-state index in [1.807, 2.05) is 38.1 Å². The molecule has 1 aliphatic rings. The molecule has 3 aromatic carbocycles. The molecule has 8 heteroatoms. The number of amides is 1. The van der Waals surface area contributed by atoms with Crippen LogP contribution in [0.15, 0.2) is 77.7 Å². The SMILES string of the molecule is Cc1cc(Cl)ccc1N(CC(=O)NC1CC(C)(C)Oc2ccccc21)S(=O)(=O)c1ccccc1. The van der Waals surface area contributed by atoms with Gasteiger partial charge in [0.15, 0.2) is 0 Å². The van der Waals surface area contributed by atoms with Crippen molar-refractivity contribution in [2.45, 2.75) is 43.7 Å². The number of halogens is 1. The van der Waals surface area contributed by atoms with Crippen LogP contribution in [0.4, 0.5) is 5.69 Å². The third-order valence-corrected chi connectivity index (χ3v) is 7.77. The van der Waals surface area contributed by atoms with Crippen LogP contribution in [-0.2, 0) is 14.8 Å². The van der Waals surface area contributed by atoms with Gasteiger partial charge in [-0.15, -0.1) is 0 Å². The Morgan fingerprint density at radius 1 is 1.09 bits per heavy atom. The fourth-order valence-corrected chi connectivity index (χ4v) is 5.95. The van der Waals surface area contributed by atoms with E-state index in [0.717, 1.165) is 9.87 Å². The number of nitrogens with one attached hydrogen (secondary N) is 1. The second-order valence-corrected chi connectivity index (χ2v) is 11.3. The summed E-state index contributed by atoms with van der Waals surface area (Å²) >= 11 is 6.10. The van der Waals surface area contributed by atoms with Gasteiger partial charge in [-0.2, -0.15) is 0 Å². The summed E-state index contributed by atoms with van der Waals surface area (Å²) < 4.78 is 34.4. The van der Waals surface area contributed by atoms with Gasteiger partial charge in [-0.1, -0.05) is 48.0 Å². The lowest BCUT2D eigenvalue weighted by Gasteiger charge is -2.38. The van der Waals surface area contributed by atoms with Gasteiger partial charge >= 0.3 is 0 Å². The average molecular weight is 499 g/mol. The summed E-state index contributed by atoms with van der Waals surface area (Å²) in [6.07, 6.45) is 0.557. The number of carbonyl (C=O) groups excluding carboxylic acids is 1. The minimum Gasteiger partial charge on any atom is -0.487 e. The van der Waals surface area contributed by atoms with Crippen molar-refractivity contribution in [2.24, 2.45) is 0 Å². The second kappa shape index (κ2) is 9.31. The molecule has 6 nitrogen and oxygen atoms in total. The largest absolute Gasteiger partial charge is 0.487 e. The number of rotatable bonds is 6. The number of hydrogen-bond donors (Lipinski definition) is 1. The summed E-state index contributed by atoms with van der Waals surface area (Å²) in [4.78, 5) is 13.4. The first-order valence-corrected chi connectivity index (χ1v) is 12.8. The van der Waals surface area contributed by atoms with Gasteiger partial charge in [-0.05, 0) is 62.7 Å². The van der Waals surface area contributed by atoms with Crippen LogP contribution < -0.4 is 14.4 Å². The molecular weight excluding hydrogens is 472 g/mol. The van der Waals surface area contributed by atoms with E-state index in [2.05, 4.69) is 5.32 Å². The molecule has 178 valence electrons. The van der Waals surface area contributed by atoms with Crippen LogP contribution in [0.25, 0.3) is 0 Å². The van der Waals surface area contributed by atoms with Crippen molar-refractivity contribution in [2.75, 3.05) is 10.8 Å². The lowest BCUT2D eigenvalue weighted by molar-refractivity contribution is -0.120. The van der Waals surface area contributed by atoms with Crippen molar-refractivity contribution < 1.29 is 17.9 Å². The quantitative estimate of drug-likeness (QED) is 0.503. The molecule has 0 aliphatic carbocycles. The smallest absolute Gasteiger partial charge is 0.264 e. The molecule has 1 atom stereocenters. The number of anilines is 1. The Kier molecular flexibility index (Phi) is 6.60. The molecule has 34 heavy (non-hydrogen) atoms. The number of ether oxygens (including phenoxy) is 1. The van der Waals surface area contributed by atoms with Gasteiger partial charge in [-0.3, -0.25) is 9.10 Å². The van der Waals surface area contributed by atoms with Gasteiger partial charge in [0, 0.05) is 17.0 Å². The van der Waals surface area contributed by atoms with Gasteiger partial charge in [0.25, 0.3) is 10.0 Å². The van der Waals surface area contributed by atoms with Crippen LogP contribution in [0.3, 0.4) is 0 Å². The van der Waals surface area contributed by atoms with Crippen LogP contribution >= 0.6 is 11.6 Å². The number of benzene rings is 3. The number of nitrogens with zero attached hydrogens (tertiary/aromatic N) is 1. The highest BCUT2D eigenvalue weighted by Gasteiger charge is 2.35. The zero-order valence-corrected chi connectivity index (χ0v) is 20.9. The molecule has 0 saturated carbocycles. The molecule has 1 amide bonds. The van der Waals surface area contributed by atoms with Crippen molar-refractivity contribution >= 4 is 33.2 Å². The number of hydrogen-bond acceptors (Lipinski definition) is 4. The predicted octanol–water partition coefficient (Wildman–Crippen LogP) is 5.26. The molecule has 0 aromatic heterocycles. The second-order valence-electron chi connectivity index (χ2n) is 8.98. The van der Waals surface area contributed by atoms with E-state index in [1.54, 1.807) is 43.3 Å². The summed E-state index contributed by atoms with van der Waals surface area (Å²) in [7, 11) is -4.00. The van der Waals surface area contributed by atoms with Crippen LogP contribution in [0.5, 0.6) is 5.75 Å². The Morgan fingerprint density at radius 3 is 2.47 bits per heavy atom. The van der Waals surface area contributed by atoms with E-state index in [1.165, 1.54) is 12.1 Å². The summed E-state index contributed by atoms with van der Waals surface area (Å²) in [5.41, 5.74) is 1.44. The van der Waals surface area contributed by atoms with Crippen molar-refractivity contribution in [1.29, 1.82) is 0 Å². The molecule has 0 saturated heterocycles. The van der Waals surface area contributed by atoms with E-state index in [0.29, 0.717) is 28.4 Å². The van der Waals surface area contributed by atoms with Crippen molar-refractivity contribution in [3.05, 3.63) is 88.9 Å². The van der Waals surface area contributed by atoms with Crippen LogP contribution in [0.1, 0.15) is 37.4 Å². The van der Waals surface area contributed by atoms with Crippen LogP contribution in [0, 0.1) is 6.92 Å². The average Bonchev–Trinajstić information content (AvgIpc) is 2.78. The van der Waals surface area contributed by atoms with E-state index in [4.69, 9.17) is 16.3 Å². The highest BCUT2D eigenvalue weighted by molar-refractivity contribution is 7.92. The van der Waals surface area contributed by atoms with Gasteiger partial charge in [0.2, 0.25) is 5.91 Å². The number of carbonyl (C=O) groups is 1. The minimum absolute atomic E-state index is 0.106. The van der Waals surface area contributed by atoms with Crippen molar-refractivity contribution in [3.63, 3.8) is 0 Å². The fourth-order valence-electron chi connectivity index (χ4n) is 4.22. The Morgan fingerprint density at radius 2 is 1.76 bits per heavy atom. The normalized spacial score (nSPS) is 16.8. The predicted molar refractivity (Wildman–Crippen MR) is 134 cm³/mol.